The number of anilines is 1. The summed E-state index contributed by atoms with van der Waals surface area (Å²) in [7, 11) is 0. The summed E-state index contributed by atoms with van der Waals surface area (Å²) >= 11 is 0. The van der Waals surface area contributed by atoms with Crippen LogP contribution in [-0.4, -0.2) is 71.0 Å². The number of hydrogen-bond donors (Lipinski definition) is 7. The Morgan fingerprint density at radius 1 is 0.976 bits per heavy atom. The lowest BCUT2D eigenvalue weighted by Gasteiger charge is -2.26. The Labute approximate surface area is 238 Å². The van der Waals surface area contributed by atoms with E-state index in [0.717, 1.165) is 12.1 Å². The smallest absolute Gasteiger partial charge is 0.386 e. The Hall–Kier alpha value is -4.31. The van der Waals surface area contributed by atoms with E-state index in [4.69, 9.17) is 17.2 Å². The maximum atomic E-state index is 13.3. The SMILES string of the molecule is NCCN(CCN)C(=O)C[C@H](N)C(=O)N[C@H](C(=O)Nc1cc2ccccc2[nH]c1=O)[C@H](O)c1ccc(C(F)(F)F)cc1. The highest BCUT2D eigenvalue weighted by molar-refractivity contribution is 6.00. The summed E-state index contributed by atoms with van der Waals surface area (Å²) in [6.07, 6.45) is -7.00. The number of amides is 3. The van der Waals surface area contributed by atoms with Crippen molar-refractivity contribution in [3.63, 3.8) is 0 Å². The minimum absolute atomic E-state index is 0.141. The highest BCUT2D eigenvalue weighted by atomic mass is 19.4. The van der Waals surface area contributed by atoms with Gasteiger partial charge in [0.25, 0.3) is 5.56 Å². The van der Waals surface area contributed by atoms with Crippen molar-refractivity contribution in [2.75, 3.05) is 31.5 Å². The summed E-state index contributed by atoms with van der Waals surface area (Å²) in [5, 5.41) is 16.2. The average molecular weight is 592 g/mol. The van der Waals surface area contributed by atoms with Gasteiger partial charge in [0.2, 0.25) is 17.7 Å². The predicted octanol–water partition coefficient (Wildman–Crippen LogP) is 0.167. The van der Waals surface area contributed by atoms with Gasteiger partial charge in [-0.25, -0.2) is 0 Å². The molecule has 0 aliphatic heterocycles. The molecule has 3 amide bonds. The van der Waals surface area contributed by atoms with Crippen LogP contribution >= 0.6 is 0 Å². The van der Waals surface area contributed by atoms with Crippen molar-refractivity contribution in [3.05, 3.63) is 76.1 Å². The summed E-state index contributed by atoms with van der Waals surface area (Å²) in [5.74, 6) is -2.61. The molecule has 10 N–H and O–H groups in total. The molecule has 3 aromatic rings. The normalized spacial score (nSPS) is 13.7. The zero-order valence-electron chi connectivity index (χ0n) is 22.4. The van der Waals surface area contributed by atoms with E-state index < -0.39 is 59.6 Å². The lowest BCUT2D eigenvalue weighted by molar-refractivity contribution is -0.137. The molecule has 0 unspecified atom stereocenters. The van der Waals surface area contributed by atoms with E-state index in [1.165, 1.54) is 11.0 Å². The molecule has 0 aliphatic rings. The monoisotopic (exact) mass is 591 g/mol. The first-order valence-electron chi connectivity index (χ1n) is 12.9. The van der Waals surface area contributed by atoms with Crippen molar-refractivity contribution in [2.24, 2.45) is 17.2 Å². The van der Waals surface area contributed by atoms with Crippen LogP contribution in [0.25, 0.3) is 10.9 Å². The number of fused-ring (bicyclic) bond motifs is 1. The first-order valence-corrected chi connectivity index (χ1v) is 12.9. The Morgan fingerprint density at radius 3 is 2.19 bits per heavy atom. The second-order valence-corrected chi connectivity index (χ2v) is 9.41. The maximum absolute atomic E-state index is 13.3. The molecule has 3 rings (SSSR count). The first-order chi connectivity index (χ1) is 19.8. The van der Waals surface area contributed by atoms with Crippen LogP contribution in [-0.2, 0) is 20.6 Å². The van der Waals surface area contributed by atoms with Crippen LogP contribution in [0.1, 0.15) is 23.7 Å². The van der Waals surface area contributed by atoms with Gasteiger partial charge in [-0.1, -0.05) is 30.3 Å². The van der Waals surface area contributed by atoms with E-state index in [-0.39, 0.29) is 37.4 Å². The molecule has 0 aliphatic carbocycles. The number of pyridine rings is 1. The third kappa shape index (κ3) is 8.13. The van der Waals surface area contributed by atoms with Crippen molar-refractivity contribution in [1.29, 1.82) is 0 Å². The number of rotatable bonds is 12. The Kier molecular flexibility index (Phi) is 10.8. The third-order valence-corrected chi connectivity index (χ3v) is 6.37. The number of aliphatic hydroxyl groups is 1. The third-order valence-electron chi connectivity index (χ3n) is 6.37. The number of carbonyl (C=O) groups excluding carboxylic acids is 3. The number of alkyl halides is 3. The van der Waals surface area contributed by atoms with Crippen molar-refractivity contribution in [3.8, 4) is 0 Å². The summed E-state index contributed by atoms with van der Waals surface area (Å²) in [5.41, 5.74) is 15.4. The first kappa shape index (κ1) is 32.2. The summed E-state index contributed by atoms with van der Waals surface area (Å²) in [6.45, 7) is 0.621. The number of carbonyl (C=O) groups is 3. The molecule has 0 spiro atoms. The van der Waals surface area contributed by atoms with Crippen molar-refractivity contribution in [2.45, 2.75) is 30.8 Å². The Balaban J connectivity index is 1.87. The van der Waals surface area contributed by atoms with Crippen LogP contribution in [0.4, 0.5) is 18.9 Å². The van der Waals surface area contributed by atoms with Gasteiger partial charge in [0.1, 0.15) is 17.8 Å². The number of nitrogens with zero attached hydrogens (tertiary/aromatic N) is 1. The number of aromatic nitrogens is 1. The zero-order chi connectivity index (χ0) is 31.0. The average Bonchev–Trinajstić information content (AvgIpc) is 2.95. The second-order valence-electron chi connectivity index (χ2n) is 9.41. The van der Waals surface area contributed by atoms with E-state index in [1.807, 2.05) is 0 Å². The van der Waals surface area contributed by atoms with Gasteiger partial charge in [-0.3, -0.25) is 19.2 Å². The summed E-state index contributed by atoms with van der Waals surface area (Å²) in [4.78, 5) is 55.4. The number of benzene rings is 2. The van der Waals surface area contributed by atoms with E-state index in [0.29, 0.717) is 23.0 Å². The molecule has 0 radical (unpaired) electrons. The molecule has 226 valence electrons. The molecule has 2 aromatic carbocycles. The van der Waals surface area contributed by atoms with E-state index in [9.17, 15) is 37.5 Å². The second kappa shape index (κ2) is 14.0. The Morgan fingerprint density at radius 2 is 1.60 bits per heavy atom. The van der Waals surface area contributed by atoms with Gasteiger partial charge in [0.15, 0.2) is 0 Å². The highest BCUT2D eigenvalue weighted by Crippen LogP contribution is 2.30. The number of para-hydroxylation sites is 1. The van der Waals surface area contributed by atoms with Gasteiger partial charge in [-0.2, -0.15) is 13.2 Å². The van der Waals surface area contributed by atoms with Crippen LogP contribution in [0.5, 0.6) is 0 Å². The predicted molar refractivity (Wildman–Crippen MR) is 149 cm³/mol. The summed E-state index contributed by atoms with van der Waals surface area (Å²) < 4.78 is 39.1. The molecule has 12 nitrogen and oxygen atoms in total. The Bertz CT molecular complexity index is 1460. The van der Waals surface area contributed by atoms with Crippen LogP contribution in [0.3, 0.4) is 0 Å². The fourth-order valence-electron chi connectivity index (χ4n) is 4.14. The largest absolute Gasteiger partial charge is 0.416 e. The number of nitrogens with one attached hydrogen (secondary N) is 3. The molecule has 3 atom stereocenters. The molecular weight excluding hydrogens is 559 g/mol. The van der Waals surface area contributed by atoms with Crippen LogP contribution in [0.2, 0.25) is 0 Å². The van der Waals surface area contributed by atoms with Gasteiger partial charge in [-0.05, 0) is 29.8 Å². The van der Waals surface area contributed by atoms with E-state index in [1.54, 1.807) is 24.3 Å². The number of hydrogen-bond acceptors (Lipinski definition) is 8. The van der Waals surface area contributed by atoms with Gasteiger partial charge < -0.3 is 42.8 Å². The highest BCUT2D eigenvalue weighted by Gasteiger charge is 2.34. The minimum atomic E-state index is -4.65. The quantitative estimate of drug-likeness (QED) is 0.154. The maximum Gasteiger partial charge on any atom is 0.416 e. The molecular formula is C27H32F3N7O5. The van der Waals surface area contributed by atoms with E-state index in [2.05, 4.69) is 15.6 Å². The number of halogens is 3. The molecule has 0 bridgehead atoms. The van der Waals surface area contributed by atoms with Crippen molar-refractivity contribution < 1.29 is 32.7 Å². The fraction of sp³-hybridized carbons (Fsp3) is 0.333. The van der Waals surface area contributed by atoms with E-state index >= 15 is 0 Å². The molecule has 0 fully saturated rings. The van der Waals surface area contributed by atoms with Gasteiger partial charge in [0, 0.05) is 37.1 Å². The summed E-state index contributed by atoms with van der Waals surface area (Å²) in [6, 6.07) is 8.10. The van der Waals surface area contributed by atoms with Crippen LogP contribution in [0, 0.1) is 0 Å². The molecule has 0 saturated carbocycles. The molecule has 0 saturated heterocycles. The topological polar surface area (TPSA) is 210 Å². The molecule has 42 heavy (non-hydrogen) atoms. The standard InChI is InChI=1S/C27H32F3N7O5/c28-27(29,30)17-7-5-15(6-8-17)23(39)22(36-24(40)18(33)14-21(38)37(11-9-31)12-10-32)26(42)35-20-13-16-3-1-2-4-19(16)34-25(20)41/h1-8,13,18,22-23,39H,9-12,14,31-33H2,(H,34,41)(H,35,42)(H,36,40)/t18-,22-,23+/m0/s1. The minimum Gasteiger partial charge on any atom is -0.386 e. The van der Waals surface area contributed by atoms with Gasteiger partial charge in [-0.15, -0.1) is 0 Å². The molecule has 15 heteroatoms. The number of H-pyrrole nitrogens is 1. The van der Waals surface area contributed by atoms with Crippen molar-refractivity contribution >= 4 is 34.3 Å². The fourth-order valence-corrected chi connectivity index (χ4v) is 4.14. The van der Waals surface area contributed by atoms with Gasteiger partial charge in [0.05, 0.1) is 18.0 Å². The lowest BCUT2D eigenvalue weighted by Crippen LogP contribution is -2.54. The number of aromatic amines is 1. The number of aliphatic hydroxyl groups excluding tert-OH is 1. The molecule has 1 aromatic heterocycles. The zero-order valence-corrected chi connectivity index (χ0v) is 22.4. The lowest BCUT2D eigenvalue weighted by atomic mass is 9.99. The van der Waals surface area contributed by atoms with Crippen molar-refractivity contribution in [1.82, 2.24) is 15.2 Å². The van der Waals surface area contributed by atoms with Crippen LogP contribution < -0.4 is 33.4 Å². The molecule has 1 heterocycles. The van der Waals surface area contributed by atoms with Gasteiger partial charge >= 0.3 is 6.18 Å². The number of nitrogens with two attached hydrogens (primary N) is 3. The van der Waals surface area contributed by atoms with Crippen LogP contribution in [0.15, 0.2) is 59.4 Å².